The Morgan fingerprint density at radius 1 is 1.23 bits per heavy atom. The lowest BCUT2D eigenvalue weighted by Crippen LogP contribution is -2.35. The van der Waals surface area contributed by atoms with Gasteiger partial charge in [-0.2, -0.15) is 0 Å². The highest BCUT2D eigenvalue weighted by atomic mass is 16.4. The predicted octanol–water partition coefficient (Wildman–Crippen LogP) is 1.74. The standard InChI is InChI=1S/C20H22N4O3.CH2O2/c25-17-8-14-11-24(10-13(14)7-16(17)23-6-5-21-12-23)20(26)9-19-22-15-3-1-2-4-18(15)27-19;2-1-3/h1-6,12-14,16-17,25H,7-11H2;1H,(H,2,3)/t13-,14+,16-,17-;/m1./s1. The van der Waals surface area contributed by atoms with Crippen molar-refractivity contribution < 1.29 is 24.2 Å². The quantitative estimate of drug-likeness (QED) is 0.628. The van der Waals surface area contributed by atoms with Gasteiger partial charge in [-0.1, -0.05) is 12.1 Å². The molecular formula is C21H24N4O5. The molecular weight excluding hydrogens is 388 g/mol. The van der Waals surface area contributed by atoms with Gasteiger partial charge < -0.3 is 24.1 Å². The Bertz CT molecular complexity index is 969. The molecule has 2 fully saturated rings. The Morgan fingerprint density at radius 2 is 1.97 bits per heavy atom. The molecule has 3 aromatic rings. The highest BCUT2D eigenvalue weighted by Crippen LogP contribution is 2.41. The molecule has 158 valence electrons. The Kier molecular flexibility index (Phi) is 5.80. The van der Waals surface area contributed by atoms with Gasteiger partial charge in [0, 0.05) is 25.5 Å². The average Bonchev–Trinajstić information content (AvgIpc) is 3.46. The molecule has 4 atom stereocenters. The molecule has 0 bridgehead atoms. The SMILES string of the molecule is O=C(Cc1nc2ccccc2o1)N1C[C@H]2C[C@@H](n3ccnc3)[C@H](O)C[C@H]2C1.O=CO. The minimum absolute atomic E-state index is 0.0424. The van der Waals surface area contributed by atoms with Crippen molar-refractivity contribution in [3.63, 3.8) is 0 Å². The van der Waals surface area contributed by atoms with Gasteiger partial charge in [0.25, 0.3) is 6.47 Å². The molecule has 1 amide bonds. The maximum absolute atomic E-state index is 12.8. The van der Waals surface area contributed by atoms with E-state index >= 15 is 0 Å². The number of amides is 1. The van der Waals surface area contributed by atoms with Crippen LogP contribution in [0.3, 0.4) is 0 Å². The number of carbonyl (C=O) groups is 2. The van der Waals surface area contributed by atoms with E-state index in [2.05, 4.69) is 9.97 Å². The number of carboxylic acid groups (broad SMARTS) is 1. The highest BCUT2D eigenvalue weighted by molar-refractivity contribution is 5.79. The summed E-state index contributed by atoms with van der Waals surface area (Å²) in [6.07, 6.45) is 6.78. The van der Waals surface area contributed by atoms with Crippen molar-refractivity contribution in [1.29, 1.82) is 0 Å². The number of carbonyl (C=O) groups excluding carboxylic acids is 1. The minimum Gasteiger partial charge on any atom is -0.483 e. The fourth-order valence-corrected chi connectivity index (χ4v) is 4.63. The van der Waals surface area contributed by atoms with Crippen molar-refractivity contribution in [1.82, 2.24) is 19.4 Å². The van der Waals surface area contributed by atoms with Gasteiger partial charge in [-0.25, -0.2) is 9.97 Å². The Balaban J connectivity index is 0.000000687. The van der Waals surface area contributed by atoms with E-state index < -0.39 is 6.10 Å². The molecule has 0 unspecified atom stereocenters. The number of hydrogen-bond donors (Lipinski definition) is 2. The monoisotopic (exact) mass is 412 g/mol. The largest absolute Gasteiger partial charge is 0.483 e. The van der Waals surface area contributed by atoms with E-state index in [4.69, 9.17) is 14.3 Å². The van der Waals surface area contributed by atoms with Crippen molar-refractivity contribution in [3.8, 4) is 0 Å². The van der Waals surface area contributed by atoms with Crippen LogP contribution in [-0.2, 0) is 16.0 Å². The van der Waals surface area contributed by atoms with Crippen LogP contribution in [-0.4, -0.2) is 61.2 Å². The summed E-state index contributed by atoms with van der Waals surface area (Å²) in [4.78, 5) is 31.5. The number of nitrogens with zero attached hydrogens (tertiary/aromatic N) is 4. The van der Waals surface area contributed by atoms with Crippen LogP contribution in [0.15, 0.2) is 47.4 Å². The average molecular weight is 412 g/mol. The third-order valence-electron chi connectivity index (χ3n) is 6.01. The number of hydrogen-bond acceptors (Lipinski definition) is 6. The molecule has 5 rings (SSSR count). The summed E-state index contributed by atoms with van der Waals surface area (Å²) in [6, 6.07) is 7.59. The summed E-state index contributed by atoms with van der Waals surface area (Å²) in [6.45, 7) is 1.19. The molecule has 2 aliphatic rings. The lowest BCUT2D eigenvalue weighted by Gasteiger charge is -2.35. The van der Waals surface area contributed by atoms with Crippen LogP contribution in [0.25, 0.3) is 11.1 Å². The molecule has 1 saturated heterocycles. The number of imidazole rings is 1. The first-order valence-electron chi connectivity index (χ1n) is 9.94. The molecule has 9 nitrogen and oxygen atoms in total. The van der Waals surface area contributed by atoms with Gasteiger partial charge in [0.05, 0.1) is 18.5 Å². The van der Waals surface area contributed by atoms with Gasteiger partial charge in [-0.15, -0.1) is 0 Å². The van der Waals surface area contributed by atoms with E-state index in [0.717, 1.165) is 24.9 Å². The van der Waals surface area contributed by atoms with E-state index in [-0.39, 0.29) is 24.8 Å². The lowest BCUT2D eigenvalue weighted by atomic mass is 9.77. The molecule has 3 heterocycles. The van der Waals surface area contributed by atoms with E-state index in [1.807, 2.05) is 39.9 Å². The van der Waals surface area contributed by atoms with Gasteiger partial charge in [0.15, 0.2) is 5.58 Å². The van der Waals surface area contributed by atoms with Crippen LogP contribution in [0.4, 0.5) is 0 Å². The number of para-hydroxylation sites is 2. The molecule has 1 aliphatic carbocycles. The van der Waals surface area contributed by atoms with E-state index in [1.165, 1.54) is 0 Å². The van der Waals surface area contributed by atoms with E-state index in [9.17, 15) is 9.90 Å². The second kappa shape index (κ2) is 8.66. The molecule has 1 saturated carbocycles. The summed E-state index contributed by atoms with van der Waals surface area (Å²) in [7, 11) is 0. The Labute approximate surface area is 173 Å². The summed E-state index contributed by atoms with van der Waals surface area (Å²) in [5, 5.41) is 17.4. The zero-order valence-corrected chi connectivity index (χ0v) is 16.4. The number of aromatic nitrogens is 3. The third-order valence-corrected chi connectivity index (χ3v) is 6.01. The van der Waals surface area contributed by atoms with Crippen LogP contribution in [0.1, 0.15) is 24.8 Å². The molecule has 30 heavy (non-hydrogen) atoms. The first-order valence-corrected chi connectivity index (χ1v) is 9.94. The number of oxazole rings is 1. The molecule has 0 radical (unpaired) electrons. The zero-order valence-electron chi connectivity index (χ0n) is 16.4. The maximum Gasteiger partial charge on any atom is 0.290 e. The lowest BCUT2D eigenvalue weighted by molar-refractivity contribution is -0.130. The second-order valence-corrected chi connectivity index (χ2v) is 7.79. The molecule has 9 heteroatoms. The van der Waals surface area contributed by atoms with Crippen molar-refractivity contribution in [2.75, 3.05) is 13.1 Å². The molecule has 1 aliphatic heterocycles. The van der Waals surface area contributed by atoms with Crippen LogP contribution in [0, 0.1) is 11.8 Å². The Morgan fingerprint density at radius 3 is 2.67 bits per heavy atom. The van der Waals surface area contributed by atoms with Gasteiger partial charge in [-0.05, 0) is 36.8 Å². The smallest absolute Gasteiger partial charge is 0.290 e. The highest BCUT2D eigenvalue weighted by Gasteiger charge is 2.43. The number of fused-ring (bicyclic) bond motifs is 2. The van der Waals surface area contributed by atoms with Crippen LogP contribution >= 0.6 is 0 Å². The Hall–Kier alpha value is -3.20. The molecule has 2 N–H and O–H groups in total. The normalized spacial score (nSPS) is 25.4. The number of likely N-dealkylation sites (tertiary alicyclic amines) is 1. The van der Waals surface area contributed by atoms with Crippen LogP contribution in [0.2, 0.25) is 0 Å². The second-order valence-electron chi connectivity index (χ2n) is 7.79. The predicted molar refractivity (Wildman–Crippen MR) is 106 cm³/mol. The van der Waals surface area contributed by atoms with Crippen molar-refractivity contribution in [2.45, 2.75) is 31.4 Å². The fourth-order valence-electron chi connectivity index (χ4n) is 4.63. The molecule has 1 aromatic carbocycles. The van der Waals surface area contributed by atoms with E-state index in [0.29, 0.717) is 29.9 Å². The van der Waals surface area contributed by atoms with Crippen LogP contribution < -0.4 is 0 Å². The van der Waals surface area contributed by atoms with Crippen LogP contribution in [0.5, 0.6) is 0 Å². The maximum atomic E-state index is 12.8. The third kappa shape index (κ3) is 4.06. The molecule has 0 spiro atoms. The summed E-state index contributed by atoms with van der Waals surface area (Å²) >= 11 is 0. The minimum atomic E-state index is -0.396. The van der Waals surface area contributed by atoms with E-state index in [1.54, 1.807) is 12.5 Å². The number of aliphatic hydroxyl groups is 1. The first-order chi connectivity index (χ1) is 14.6. The summed E-state index contributed by atoms with van der Waals surface area (Å²) in [5.41, 5.74) is 1.49. The zero-order chi connectivity index (χ0) is 21.1. The summed E-state index contributed by atoms with van der Waals surface area (Å²) in [5.74, 6) is 1.28. The van der Waals surface area contributed by atoms with Gasteiger partial charge >= 0.3 is 0 Å². The number of rotatable bonds is 3. The fraction of sp³-hybridized carbons (Fsp3) is 0.429. The van der Waals surface area contributed by atoms with Gasteiger partial charge in [0.2, 0.25) is 11.8 Å². The van der Waals surface area contributed by atoms with Gasteiger partial charge in [0.1, 0.15) is 11.9 Å². The number of benzene rings is 1. The topological polar surface area (TPSA) is 122 Å². The van der Waals surface area contributed by atoms with Crippen molar-refractivity contribution >= 4 is 23.5 Å². The van der Waals surface area contributed by atoms with Gasteiger partial charge in [-0.3, -0.25) is 9.59 Å². The number of aliphatic hydroxyl groups excluding tert-OH is 1. The van der Waals surface area contributed by atoms with Crippen molar-refractivity contribution in [3.05, 3.63) is 48.9 Å². The first kappa shape index (κ1) is 20.1. The van der Waals surface area contributed by atoms with Crippen molar-refractivity contribution in [2.24, 2.45) is 11.8 Å². The summed E-state index contributed by atoms with van der Waals surface area (Å²) < 4.78 is 7.68. The molecule has 2 aromatic heterocycles.